The van der Waals surface area contributed by atoms with Crippen LogP contribution < -0.4 is 10.6 Å². The highest BCUT2D eigenvalue weighted by molar-refractivity contribution is 7.99. The molecule has 0 aromatic rings. The molecular formula is C7H14N2OS. The lowest BCUT2D eigenvalue weighted by Crippen LogP contribution is -2.44. The van der Waals surface area contributed by atoms with Crippen molar-refractivity contribution in [3.8, 4) is 0 Å². The van der Waals surface area contributed by atoms with E-state index < -0.39 is 0 Å². The van der Waals surface area contributed by atoms with E-state index >= 15 is 0 Å². The van der Waals surface area contributed by atoms with Crippen molar-refractivity contribution in [2.45, 2.75) is 25.9 Å². The summed E-state index contributed by atoms with van der Waals surface area (Å²) in [6.45, 7) is 3.94. The summed E-state index contributed by atoms with van der Waals surface area (Å²) in [4.78, 5) is 11.3. The lowest BCUT2D eigenvalue weighted by Gasteiger charge is -2.12. The maximum Gasteiger partial charge on any atom is 0.238 e. The highest BCUT2D eigenvalue weighted by Crippen LogP contribution is 2.09. The molecule has 3 nitrogen and oxygen atoms in total. The van der Waals surface area contributed by atoms with Crippen LogP contribution in [0.25, 0.3) is 0 Å². The van der Waals surface area contributed by atoms with Crippen LogP contribution in [-0.2, 0) is 4.79 Å². The molecule has 0 spiro atoms. The van der Waals surface area contributed by atoms with E-state index in [9.17, 15) is 4.79 Å². The molecule has 0 unspecified atom stereocenters. The summed E-state index contributed by atoms with van der Waals surface area (Å²) >= 11 is 1.77. The van der Waals surface area contributed by atoms with Crippen LogP contribution in [0.4, 0.5) is 0 Å². The Morgan fingerprint density at radius 3 is 2.91 bits per heavy atom. The number of amides is 1. The molecule has 11 heavy (non-hydrogen) atoms. The van der Waals surface area contributed by atoms with Gasteiger partial charge in [-0.15, -0.1) is 11.8 Å². The van der Waals surface area contributed by atoms with Crippen molar-refractivity contribution < 1.29 is 4.79 Å². The first kappa shape index (κ1) is 8.87. The third kappa shape index (κ3) is 2.71. The zero-order valence-electron chi connectivity index (χ0n) is 6.89. The molecule has 0 bridgehead atoms. The second-order valence-electron chi connectivity index (χ2n) is 2.94. The van der Waals surface area contributed by atoms with Crippen LogP contribution in [0.5, 0.6) is 0 Å². The molecule has 1 rings (SSSR count). The van der Waals surface area contributed by atoms with Crippen LogP contribution in [0, 0.1) is 0 Å². The fourth-order valence-electron chi connectivity index (χ4n) is 0.949. The minimum atomic E-state index is 0.0300. The summed E-state index contributed by atoms with van der Waals surface area (Å²) in [5.41, 5.74) is 0. The van der Waals surface area contributed by atoms with Gasteiger partial charge in [0.2, 0.25) is 5.91 Å². The quantitative estimate of drug-likeness (QED) is 0.627. The predicted molar refractivity (Wildman–Crippen MR) is 47.5 cm³/mol. The van der Waals surface area contributed by atoms with Gasteiger partial charge in [0.15, 0.2) is 0 Å². The van der Waals surface area contributed by atoms with Gasteiger partial charge in [-0.2, -0.15) is 0 Å². The summed E-state index contributed by atoms with van der Waals surface area (Å²) in [5.74, 6) is 1.93. The van der Waals surface area contributed by atoms with Gasteiger partial charge in [-0.05, 0) is 13.8 Å². The third-order valence-electron chi connectivity index (χ3n) is 1.46. The first-order chi connectivity index (χ1) is 5.20. The number of nitrogens with one attached hydrogen (secondary N) is 2. The van der Waals surface area contributed by atoms with Gasteiger partial charge in [-0.1, -0.05) is 0 Å². The van der Waals surface area contributed by atoms with Crippen molar-refractivity contribution in [2.75, 3.05) is 11.6 Å². The smallest absolute Gasteiger partial charge is 0.238 e. The van der Waals surface area contributed by atoms with Crippen LogP contribution >= 0.6 is 11.8 Å². The van der Waals surface area contributed by atoms with Crippen molar-refractivity contribution in [2.24, 2.45) is 0 Å². The Kier molecular flexibility index (Phi) is 3.20. The van der Waals surface area contributed by atoms with Crippen molar-refractivity contribution in [1.29, 1.82) is 0 Å². The number of hydrogen-bond acceptors (Lipinski definition) is 3. The minimum absolute atomic E-state index is 0.0300. The van der Waals surface area contributed by atoms with Crippen LogP contribution in [-0.4, -0.2) is 29.6 Å². The molecule has 0 saturated carbocycles. The molecule has 1 fully saturated rings. The molecular weight excluding hydrogens is 160 g/mol. The molecule has 1 aliphatic rings. The molecule has 1 heterocycles. The molecule has 0 aliphatic carbocycles. The standard InChI is InChI=1S/C7H14N2OS/c1-5(2)9-7(10)6-3-11-4-8-6/h5-6,8H,3-4H2,1-2H3,(H,9,10)/t6-/m1/s1. The maximum atomic E-state index is 11.3. The van der Waals surface area contributed by atoms with Crippen molar-refractivity contribution in [3.05, 3.63) is 0 Å². The summed E-state index contributed by atoms with van der Waals surface area (Å²) in [6, 6.07) is 0.275. The van der Waals surface area contributed by atoms with E-state index in [2.05, 4.69) is 10.6 Å². The average molecular weight is 174 g/mol. The first-order valence-corrected chi connectivity index (χ1v) is 4.97. The Morgan fingerprint density at radius 2 is 2.45 bits per heavy atom. The number of carbonyl (C=O) groups excluding carboxylic acids is 1. The SMILES string of the molecule is CC(C)NC(=O)[C@H]1CSCN1. The molecule has 4 heteroatoms. The number of thioether (sulfide) groups is 1. The van der Waals surface area contributed by atoms with E-state index in [1.807, 2.05) is 13.8 Å². The monoisotopic (exact) mass is 174 g/mol. The lowest BCUT2D eigenvalue weighted by molar-refractivity contribution is -0.122. The van der Waals surface area contributed by atoms with E-state index in [1.54, 1.807) is 11.8 Å². The van der Waals surface area contributed by atoms with Crippen LogP contribution in [0.2, 0.25) is 0 Å². The molecule has 1 aliphatic heterocycles. The Bertz CT molecular complexity index is 143. The van der Waals surface area contributed by atoms with E-state index in [-0.39, 0.29) is 18.0 Å². The van der Waals surface area contributed by atoms with Gasteiger partial charge in [0, 0.05) is 17.7 Å². The Hall–Kier alpha value is -0.220. The lowest BCUT2D eigenvalue weighted by atomic mass is 10.3. The first-order valence-electron chi connectivity index (χ1n) is 3.81. The summed E-state index contributed by atoms with van der Waals surface area (Å²) in [7, 11) is 0. The zero-order valence-corrected chi connectivity index (χ0v) is 7.70. The topological polar surface area (TPSA) is 41.1 Å². The molecule has 1 atom stereocenters. The number of carbonyl (C=O) groups is 1. The Balaban J connectivity index is 2.28. The van der Waals surface area contributed by atoms with Crippen LogP contribution in [0.15, 0.2) is 0 Å². The fourth-order valence-corrected chi connectivity index (χ4v) is 1.89. The van der Waals surface area contributed by atoms with E-state index in [0.717, 1.165) is 11.6 Å². The number of rotatable bonds is 2. The highest BCUT2D eigenvalue weighted by Gasteiger charge is 2.22. The molecule has 0 aromatic heterocycles. The highest BCUT2D eigenvalue weighted by atomic mass is 32.2. The Morgan fingerprint density at radius 1 is 1.73 bits per heavy atom. The largest absolute Gasteiger partial charge is 0.353 e. The normalized spacial score (nSPS) is 24.1. The molecule has 1 saturated heterocycles. The van der Waals surface area contributed by atoms with Gasteiger partial charge in [0.05, 0.1) is 6.04 Å². The second kappa shape index (κ2) is 3.97. The summed E-state index contributed by atoms with van der Waals surface area (Å²) in [6.07, 6.45) is 0. The van der Waals surface area contributed by atoms with E-state index in [1.165, 1.54) is 0 Å². The minimum Gasteiger partial charge on any atom is -0.353 e. The maximum absolute atomic E-state index is 11.3. The van der Waals surface area contributed by atoms with E-state index in [4.69, 9.17) is 0 Å². The van der Waals surface area contributed by atoms with Gasteiger partial charge >= 0.3 is 0 Å². The van der Waals surface area contributed by atoms with Crippen molar-refractivity contribution in [1.82, 2.24) is 10.6 Å². The zero-order chi connectivity index (χ0) is 8.27. The molecule has 0 aromatic carbocycles. The number of hydrogen-bond donors (Lipinski definition) is 2. The predicted octanol–water partition coefficient (Wildman–Crippen LogP) is 0.173. The molecule has 2 N–H and O–H groups in total. The third-order valence-corrected chi connectivity index (χ3v) is 2.40. The van der Waals surface area contributed by atoms with Gasteiger partial charge < -0.3 is 5.32 Å². The Labute approximate surface area is 71.3 Å². The average Bonchev–Trinajstić information content (AvgIpc) is 2.35. The van der Waals surface area contributed by atoms with Crippen molar-refractivity contribution >= 4 is 17.7 Å². The van der Waals surface area contributed by atoms with Crippen molar-refractivity contribution in [3.63, 3.8) is 0 Å². The van der Waals surface area contributed by atoms with Crippen LogP contribution in [0.1, 0.15) is 13.8 Å². The molecule has 64 valence electrons. The van der Waals surface area contributed by atoms with Crippen LogP contribution in [0.3, 0.4) is 0 Å². The van der Waals surface area contributed by atoms with E-state index in [0.29, 0.717) is 0 Å². The second-order valence-corrected chi connectivity index (χ2v) is 3.97. The summed E-state index contributed by atoms with van der Waals surface area (Å²) in [5, 5.41) is 5.98. The van der Waals surface area contributed by atoms with Gasteiger partial charge in [0.1, 0.15) is 0 Å². The fraction of sp³-hybridized carbons (Fsp3) is 0.857. The molecule has 0 radical (unpaired) electrons. The van der Waals surface area contributed by atoms with Gasteiger partial charge in [-0.3, -0.25) is 10.1 Å². The molecule has 1 amide bonds. The summed E-state index contributed by atoms with van der Waals surface area (Å²) < 4.78 is 0. The van der Waals surface area contributed by atoms with Gasteiger partial charge in [0.25, 0.3) is 0 Å². The van der Waals surface area contributed by atoms with Gasteiger partial charge in [-0.25, -0.2) is 0 Å².